The maximum absolute atomic E-state index is 12.6. The fraction of sp³-hybridized carbons (Fsp3) is 0.406. The Balaban J connectivity index is 1.51. The third-order valence-corrected chi connectivity index (χ3v) is 6.40. The third-order valence-electron chi connectivity index (χ3n) is 6.40. The SMILES string of the molecule is CCCCCCCOC(C)c1ccc(-c2ccc(C(=O)Oc3ccc(CCCC)cc3)cc2)cc1. The van der Waals surface area contributed by atoms with Crippen molar-refractivity contribution >= 4 is 5.97 Å². The molecule has 0 aliphatic heterocycles. The van der Waals surface area contributed by atoms with Gasteiger partial charge in [0.05, 0.1) is 11.7 Å². The second-order valence-corrected chi connectivity index (χ2v) is 9.26. The van der Waals surface area contributed by atoms with Crippen LogP contribution in [0, 0.1) is 0 Å². The summed E-state index contributed by atoms with van der Waals surface area (Å²) < 4.78 is 11.6. The summed E-state index contributed by atoms with van der Waals surface area (Å²) in [7, 11) is 0. The van der Waals surface area contributed by atoms with Gasteiger partial charge in [-0.3, -0.25) is 0 Å². The molecule has 0 aliphatic rings. The first-order valence-electron chi connectivity index (χ1n) is 13.2. The van der Waals surface area contributed by atoms with Gasteiger partial charge in [0.2, 0.25) is 0 Å². The number of esters is 1. The van der Waals surface area contributed by atoms with Crippen molar-refractivity contribution in [3.63, 3.8) is 0 Å². The highest BCUT2D eigenvalue weighted by atomic mass is 16.5. The van der Waals surface area contributed by atoms with Crippen LogP contribution in [0.25, 0.3) is 11.1 Å². The number of unbranched alkanes of at least 4 members (excludes halogenated alkanes) is 5. The summed E-state index contributed by atoms with van der Waals surface area (Å²) in [6.45, 7) is 7.34. The van der Waals surface area contributed by atoms with E-state index in [1.165, 1.54) is 49.7 Å². The van der Waals surface area contributed by atoms with Crippen molar-refractivity contribution in [3.8, 4) is 16.9 Å². The first-order chi connectivity index (χ1) is 17.1. The summed E-state index contributed by atoms with van der Waals surface area (Å²) in [6.07, 6.45) is 9.73. The van der Waals surface area contributed by atoms with Crippen molar-refractivity contribution < 1.29 is 14.3 Å². The molecule has 35 heavy (non-hydrogen) atoms. The summed E-state index contributed by atoms with van der Waals surface area (Å²) in [5.74, 6) is 0.237. The molecule has 0 bridgehead atoms. The number of hydrogen-bond donors (Lipinski definition) is 0. The molecular formula is C32H40O3. The Morgan fingerprint density at radius 1 is 0.714 bits per heavy atom. The molecule has 0 saturated carbocycles. The average Bonchev–Trinajstić information content (AvgIpc) is 2.90. The fourth-order valence-corrected chi connectivity index (χ4v) is 4.08. The van der Waals surface area contributed by atoms with E-state index in [2.05, 4.69) is 45.0 Å². The summed E-state index contributed by atoms with van der Waals surface area (Å²) in [5, 5.41) is 0. The molecule has 3 aromatic carbocycles. The van der Waals surface area contributed by atoms with Gasteiger partial charge in [-0.2, -0.15) is 0 Å². The van der Waals surface area contributed by atoms with Crippen molar-refractivity contribution in [3.05, 3.63) is 89.5 Å². The van der Waals surface area contributed by atoms with Crippen LogP contribution < -0.4 is 4.74 Å². The van der Waals surface area contributed by atoms with Gasteiger partial charge >= 0.3 is 5.97 Å². The molecule has 0 aliphatic carbocycles. The number of carbonyl (C=O) groups is 1. The van der Waals surface area contributed by atoms with Crippen molar-refractivity contribution in [2.24, 2.45) is 0 Å². The molecule has 1 unspecified atom stereocenters. The average molecular weight is 473 g/mol. The predicted molar refractivity (Wildman–Crippen MR) is 145 cm³/mol. The van der Waals surface area contributed by atoms with Crippen LogP contribution in [-0.4, -0.2) is 12.6 Å². The standard InChI is InChI=1S/C32H40O3/c1-4-6-8-9-10-24-34-25(3)27-14-16-28(17-15-27)29-18-20-30(21-19-29)32(33)35-31-22-12-26(13-23-31)11-7-5-2/h12-23,25H,4-11,24H2,1-3H3. The summed E-state index contributed by atoms with van der Waals surface area (Å²) >= 11 is 0. The summed E-state index contributed by atoms with van der Waals surface area (Å²) in [6, 6.07) is 23.9. The number of aryl methyl sites for hydroxylation is 1. The number of hydrogen-bond acceptors (Lipinski definition) is 3. The molecule has 0 aromatic heterocycles. The molecule has 0 radical (unpaired) electrons. The van der Waals surface area contributed by atoms with Gasteiger partial charge in [0.15, 0.2) is 0 Å². The second kappa shape index (κ2) is 14.5. The van der Waals surface area contributed by atoms with Gasteiger partial charge in [-0.25, -0.2) is 4.79 Å². The van der Waals surface area contributed by atoms with E-state index in [-0.39, 0.29) is 12.1 Å². The largest absolute Gasteiger partial charge is 0.423 e. The van der Waals surface area contributed by atoms with Crippen LogP contribution in [-0.2, 0) is 11.2 Å². The highest BCUT2D eigenvalue weighted by molar-refractivity contribution is 5.91. The molecule has 3 nitrogen and oxygen atoms in total. The predicted octanol–water partition coefficient (Wildman–Crippen LogP) is 8.96. The normalized spacial score (nSPS) is 11.9. The van der Waals surface area contributed by atoms with Crippen molar-refractivity contribution in [1.82, 2.24) is 0 Å². The quantitative estimate of drug-likeness (QED) is 0.133. The number of ether oxygens (including phenoxy) is 2. The summed E-state index contributed by atoms with van der Waals surface area (Å²) in [5.41, 5.74) is 5.18. The zero-order chi connectivity index (χ0) is 24.9. The minimum atomic E-state index is -0.339. The van der Waals surface area contributed by atoms with Crippen LogP contribution in [0.4, 0.5) is 0 Å². The highest BCUT2D eigenvalue weighted by Crippen LogP contribution is 2.25. The molecule has 3 heteroatoms. The van der Waals surface area contributed by atoms with E-state index in [4.69, 9.17) is 9.47 Å². The molecule has 0 N–H and O–H groups in total. The van der Waals surface area contributed by atoms with E-state index in [0.717, 1.165) is 30.6 Å². The molecule has 0 fully saturated rings. The molecule has 1 atom stereocenters. The Bertz CT molecular complexity index is 1000. The zero-order valence-corrected chi connectivity index (χ0v) is 21.6. The van der Waals surface area contributed by atoms with Gasteiger partial charge in [-0.15, -0.1) is 0 Å². The third kappa shape index (κ3) is 8.67. The molecule has 3 rings (SSSR count). The monoisotopic (exact) mass is 472 g/mol. The van der Waals surface area contributed by atoms with Crippen LogP contribution in [0.5, 0.6) is 5.75 Å². The minimum absolute atomic E-state index is 0.0908. The Morgan fingerprint density at radius 3 is 1.94 bits per heavy atom. The Kier molecular flexibility index (Phi) is 11.0. The van der Waals surface area contributed by atoms with E-state index in [9.17, 15) is 4.79 Å². The van der Waals surface area contributed by atoms with Gasteiger partial charge in [-0.05, 0) is 72.7 Å². The lowest BCUT2D eigenvalue weighted by molar-refractivity contribution is 0.0627. The number of carbonyl (C=O) groups excluding carboxylic acids is 1. The maximum atomic E-state index is 12.6. The lowest BCUT2D eigenvalue weighted by Crippen LogP contribution is -2.08. The van der Waals surface area contributed by atoms with E-state index >= 15 is 0 Å². The molecule has 0 amide bonds. The minimum Gasteiger partial charge on any atom is -0.423 e. The number of benzene rings is 3. The first kappa shape index (κ1) is 26.7. The molecule has 0 saturated heterocycles. The van der Waals surface area contributed by atoms with Crippen molar-refractivity contribution in [2.45, 2.75) is 78.2 Å². The summed E-state index contributed by atoms with van der Waals surface area (Å²) in [4.78, 5) is 12.6. The molecule has 186 valence electrons. The number of rotatable bonds is 14. The van der Waals surface area contributed by atoms with Gasteiger partial charge in [0.25, 0.3) is 0 Å². The molecule has 0 spiro atoms. The van der Waals surface area contributed by atoms with Crippen LogP contribution in [0.1, 0.15) is 93.3 Å². The maximum Gasteiger partial charge on any atom is 0.343 e. The van der Waals surface area contributed by atoms with Crippen LogP contribution in [0.15, 0.2) is 72.8 Å². The van der Waals surface area contributed by atoms with E-state index in [1.807, 2.05) is 48.5 Å². The highest BCUT2D eigenvalue weighted by Gasteiger charge is 2.10. The van der Waals surface area contributed by atoms with E-state index in [0.29, 0.717) is 11.3 Å². The van der Waals surface area contributed by atoms with Crippen molar-refractivity contribution in [2.75, 3.05) is 6.61 Å². The molecular weight excluding hydrogens is 432 g/mol. The van der Waals surface area contributed by atoms with Crippen molar-refractivity contribution in [1.29, 1.82) is 0 Å². The van der Waals surface area contributed by atoms with Crippen LogP contribution >= 0.6 is 0 Å². The van der Waals surface area contributed by atoms with E-state index < -0.39 is 0 Å². The lowest BCUT2D eigenvalue weighted by atomic mass is 10.0. The second-order valence-electron chi connectivity index (χ2n) is 9.26. The molecule has 3 aromatic rings. The molecule has 0 heterocycles. The Hall–Kier alpha value is -2.91. The van der Waals surface area contributed by atoms with Gasteiger partial charge < -0.3 is 9.47 Å². The van der Waals surface area contributed by atoms with Crippen LogP contribution in [0.2, 0.25) is 0 Å². The van der Waals surface area contributed by atoms with E-state index in [1.54, 1.807) is 0 Å². The lowest BCUT2D eigenvalue weighted by Gasteiger charge is -2.14. The topological polar surface area (TPSA) is 35.5 Å². The van der Waals surface area contributed by atoms with Crippen LogP contribution in [0.3, 0.4) is 0 Å². The van der Waals surface area contributed by atoms with Gasteiger partial charge in [0, 0.05) is 6.61 Å². The van der Waals surface area contributed by atoms with Gasteiger partial charge in [-0.1, -0.05) is 94.5 Å². The van der Waals surface area contributed by atoms with Gasteiger partial charge in [0.1, 0.15) is 5.75 Å². The Labute approximate surface area is 211 Å². The first-order valence-corrected chi connectivity index (χ1v) is 13.2. The smallest absolute Gasteiger partial charge is 0.343 e. The zero-order valence-electron chi connectivity index (χ0n) is 21.6. The Morgan fingerprint density at radius 2 is 1.31 bits per heavy atom. The fourth-order valence-electron chi connectivity index (χ4n) is 4.08.